The number of hydrogen-bond acceptors (Lipinski definition) is 0. The van der Waals surface area contributed by atoms with Crippen LogP contribution >= 0.6 is 7.92 Å². The average Bonchev–Trinajstić information content (AvgIpc) is 3.49. The minimum Gasteiger partial charge on any atom is -0.160 e. The maximum absolute atomic E-state index is 9.80. The molecule has 4 aromatic rings. The van der Waals surface area contributed by atoms with Gasteiger partial charge in [-0.2, -0.15) is 12.1 Å². The predicted octanol–water partition coefficient (Wildman–Crippen LogP) is 6.46. The second-order valence-electron chi connectivity index (χ2n) is 6.42. The Bertz CT molecular complexity index is 989. The van der Waals surface area contributed by atoms with Crippen molar-refractivity contribution in [2.45, 2.75) is 6.42 Å². The summed E-state index contributed by atoms with van der Waals surface area (Å²) >= 11 is -2.77. The second kappa shape index (κ2) is 12.6. The molecular weight excluding hydrogens is 472 g/mol. The van der Waals surface area contributed by atoms with Crippen LogP contribution in [0.4, 0.5) is 5.25 Å². The Morgan fingerprint density at radius 3 is 1.83 bits per heavy atom. The molecule has 0 unspecified atom stereocenters. The second-order valence-corrected chi connectivity index (χ2v) is 8.99. The van der Waals surface area contributed by atoms with Gasteiger partial charge in [0.1, 0.15) is 0 Å². The van der Waals surface area contributed by atoms with Gasteiger partial charge in [0.05, 0.1) is 0 Å². The van der Waals surface area contributed by atoms with Crippen LogP contribution in [0, 0.1) is 6.08 Å². The van der Waals surface area contributed by atoms with E-state index in [0.29, 0.717) is 0 Å². The minimum atomic E-state index is -2.77. The quantitative estimate of drug-likeness (QED) is 0.227. The molecule has 0 nitrogen and oxygen atoms in total. The van der Waals surface area contributed by atoms with Crippen molar-refractivity contribution in [3.63, 3.8) is 0 Å². The smallest absolute Gasteiger partial charge is 0.0166 e. The summed E-state index contributed by atoms with van der Waals surface area (Å²) in [5.41, 5.74) is 0. The van der Waals surface area contributed by atoms with Gasteiger partial charge in [0.15, 0.2) is 0 Å². The first-order valence-corrected chi connectivity index (χ1v) is 12.8. The molecule has 0 bridgehead atoms. The van der Waals surface area contributed by atoms with Crippen molar-refractivity contribution in [2.75, 3.05) is 0 Å². The summed E-state index contributed by atoms with van der Waals surface area (Å²) < 4.78 is 19.6. The van der Waals surface area contributed by atoms with E-state index in [4.69, 9.17) is 0 Å². The van der Waals surface area contributed by atoms with Crippen LogP contribution < -0.4 is 15.9 Å². The molecule has 0 saturated heterocycles. The van der Waals surface area contributed by atoms with Gasteiger partial charge in [-0.3, -0.25) is 6.08 Å². The van der Waals surface area contributed by atoms with Crippen molar-refractivity contribution in [3.8, 4) is 0 Å². The molecule has 0 aliphatic heterocycles. The Kier molecular flexibility index (Phi) is 9.48. The van der Waals surface area contributed by atoms with E-state index in [1.165, 1.54) is 26.7 Å². The fourth-order valence-corrected chi connectivity index (χ4v) is 5.58. The number of rotatable bonds is 3. The Morgan fingerprint density at radius 1 is 0.800 bits per heavy atom. The van der Waals surface area contributed by atoms with Crippen molar-refractivity contribution >= 4 is 34.6 Å². The van der Waals surface area contributed by atoms with Crippen LogP contribution in [0.25, 0.3) is 10.8 Å². The van der Waals surface area contributed by atoms with Crippen molar-refractivity contribution in [3.05, 3.63) is 121 Å². The molecular formula is C26H21F2PZr. The van der Waals surface area contributed by atoms with Gasteiger partial charge in [-0.25, -0.2) is 12.2 Å². The molecule has 4 heteroatoms. The van der Waals surface area contributed by atoms with Crippen LogP contribution in [0.3, 0.4) is 0 Å². The zero-order chi connectivity index (χ0) is 21.0. The summed E-state index contributed by atoms with van der Waals surface area (Å²) in [6.45, 7) is 0. The van der Waals surface area contributed by atoms with E-state index in [1.807, 2.05) is 12.2 Å². The first kappa shape index (κ1) is 22.6. The fourth-order valence-electron chi connectivity index (χ4n) is 3.20. The van der Waals surface area contributed by atoms with Crippen LogP contribution in [-0.2, 0) is 24.5 Å². The van der Waals surface area contributed by atoms with E-state index in [2.05, 4.69) is 109 Å². The monoisotopic (exact) mass is 492 g/mol. The Hall–Kier alpha value is -2.08. The largest absolute Gasteiger partial charge is 0.160 e. The zero-order valence-electron chi connectivity index (χ0n) is 16.4. The maximum atomic E-state index is 9.80. The van der Waals surface area contributed by atoms with Gasteiger partial charge in [-0.1, -0.05) is 66.7 Å². The van der Waals surface area contributed by atoms with E-state index < -0.39 is 32.4 Å². The Labute approximate surface area is 191 Å². The summed E-state index contributed by atoms with van der Waals surface area (Å²) in [5, 5.41) is 6.89. The average molecular weight is 494 g/mol. The van der Waals surface area contributed by atoms with E-state index in [-0.39, 0.29) is 0 Å². The molecule has 0 amide bonds. The molecule has 4 aromatic carbocycles. The van der Waals surface area contributed by atoms with Gasteiger partial charge >= 0.3 is 29.7 Å². The normalized spacial score (nSPS) is 11.4. The van der Waals surface area contributed by atoms with Crippen LogP contribution in [0.5, 0.6) is 0 Å². The molecule has 0 fully saturated rings. The van der Waals surface area contributed by atoms with Crippen LogP contribution in [-0.4, -0.2) is 0 Å². The third-order valence-electron chi connectivity index (χ3n) is 4.48. The van der Waals surface area contributed by atoms with Crippen LogP contribution in [0.2, 0.25) is 0 Å². The Morgan fingerprint density at radius 2 is 1.37 bits per heavy atom. The number of halogens is 2. The number of hydrogen-bond donors (Lipinski definition) is 0. The maximum Gasteiger partial charge on any atom is -0.0166 e. The van der Waals surface area contributed by atoms with Gasteiger partial charge in [-0.05, 0) is 18.5 Å². The van der Waals surface area contributed by atoms with Gasteiger partial charge in [-0.15, -0.1) is 46.8 Å². The molecule has 0 radical (unpaired) electrons. The molecule has 148 valence electrons. The topological polar surface area (TPSA) is 0 Å². The molecule has 0 aromatic heterocycles. The summed E-state index contributed by atoms with van der Waals surface area (Å²) in [6.07, 6.45) is 10.0. The SMILES string of the molecule is [C-]1=CC=CC1.[F][Zr+2][F].c1ccc(P(c2ccccc2)c2cc3ccccc3[cH-]2)cc1. The van der Waals surface area contributed by atoms with Gasteiger partial charge < -0.3 is 0 Å². The standard InChI is InChI=1S/C21H16P.C5H5.2FH.Zr/c1-3-11-19(12-4-1)22(20-13-5-2-6-14-20)21-15-17-9-7-8-10-18(17)16-21;1-2-4-5-3-1;;;/h1-16H;1-3H,4H2;2*1H;/q2*-1;;;+4/p-2. The summed E-state index contributed by atoms with van der Waals surface area (Å²) in [5.74, 6) is 0. The molecule has 0 saturated carbocycles. The van der Waals surface area contributed by atoms with Crippen molar-refractivity contribution in [1.82, 2.24) is 0 Å². The van der Waals surface area contributed by atoms with E-state index in [1.54, 1.807) is 0 Å². The first-order chi connectivity index (χ1) is 14.8. The first-order valence-electron chi connectivity index (χ1n) is 9.57. The van der Waals surface area contributed by atoms with Gasteiger partial charge in [0.2, 0.25) is 0 Å². The van der Waals surface area contributed by atoms with Crippen molar-refractivity contribution in [1.29, 1.82) is 0 Å². The zero-order valence-corrected chi connectivity index (χ0v) is 19.7. The third kappa shape index (κ3) is 6.46. The number of allylic oxidation sites excluding steroid dienone is 4. The summed E-state index contributed by atoms with van der Waals surface area (Å²) in [7, 11) is -0.493. The molecule has 0 heterocycles. The molecule has 1 aliphatic rings. The predicted molar refractivity (Wildman–Crippen MR) is 122 cm³/mol. The van der Waals surface area contributed by atoms with Crippen LogP contribution in [0.15, 0.2) is 115 Å². The van der Waals surface area contributed by atoms with Crippen molar-refractivity contribution < 1.29 is 29.7 Å². The van der Waals surface area contributed by atoms with Crippen molar-refractivity contribution in [2.24, 2.45) is 0 Å². The molecule has 5 rings (SSSR count). The van der Waals surface area contributed by atoms with Gasteiger partial charge in [0.25, 0.3) is 0 Å². The molecule has 1 aliphatic carbocycles. The summed E-state index contributed by atoms with van der Waals surface area (Å²) in [4.78, 5) is 0. The van der Waals surface area contributed by atoms with E-state index >= 15 is 0 Å². The number of fused-ring (bicyclic) bond motifs is 1. The van der Waals surface area contributed by atoms with E-state index in [9.17, 15) is 5.25 Å². The summed E-state index contributed by atoms with van der Waals surface area (Å²) in [6, 6.07) is 35.0. The van der Waals surface area contributed by atoms with Gasteiger partial charge in [0, 0.05) is 0 Å². The molecule has 30 heavy (non-hydrogen) atoms. The molecule has 0 N–H and O–H groups in total. The molecule has 0 spiro atoms. The minimum absolute atomic E-state index is 0.493. The third-order valence-corrected chi connectivity index (χ3v) is 6.88. The Balaban J connectivity index is 0.000000272. The molecule has 0 atom stereocenters. The number of benzene rings is 3. The van der Waals surface area contributed by atoms with Crippen LogP contribution in [0.1, 0.15) is 6.42 Å². The fraction of sp³-hybridized carbons (Fsp3) is 0.0385. The van der Waals surface area contributed by atoms with E-state index in [0.717, 1.165) is 6.42 Å².